The number of rotatable bonds is 10. The molecule has 1 N–H and O–H groups in total. The quantitative estimate of drug-likeness (QED) is 0.626. The van der Waals surface area contributed by atoms with Crippen molar-refractivity contribution in [3.8, 4) is 0 Å². The summed E-state index contributed by atoms with van der Waals surface area (Å²) in [5.41, 5.74) is 1.07. The standard InChI is InChI=1S/C20H29N3O2S/c1-4-7-9-18(24)22-20-21-16-12-11-15(14-17(16)26-20)23(13-6-3)19(25)10-8-5-2/h4-5,15H,1-2,6-14H2,3H3,(H,21,22,24)/t15-/m1/s1. The van der Waals surface area contributed by atoms with E-state index in [2.05, 4.69) is 30.4 Å². The average Bonchev–Trinajstić information content (AvgIpc) is 3.03. The number of thiazole rings is 1. The van der Waals surface area contributed by atoms with Gasteiger partial charge in [-0.1, -0.05) is 19.1 Å². The Morgan fingerprint density at radius 1 is 1.31 bits per heavy atom. The van der Waals surface area contributed by atoms with Crippen molar-refractivity contribution in [2.24, 2.45) is 0 Å². The van der Waals surface area contributed by atoms with Crippen molar-refractivity contribution in [3.63, 3.8) is 0 Å². The molecular weight excluding hydrogens is 346 g/mol. The first kappa shape index (κ1) is 20.4. The Kier molecular flexibility index (Phi) is 8.04. The molecule has 1 aliphatic carbocycles. The Balaban J connectivity index is 2.02. The maximum atomic E-state index is 12.6. The third-order valence-electron chi connectivity index (χ3n) is 4.52. The molecule has 0 saturated carbocycles. The second-order valence-electron chi connectivity index (χ2n) is 6.58. The van der Waals surface area contributed by atoms with Crippen LogP contribution in [0.1, 0.15) is 56.0 Å². The number of nitrogens with one attached hydrogen (secondary N) is 1. The van der Waals surface area contributed by atoms with Crippen LogP contribution in [-0.2, 0) is 22.4 Å². The molecule has 2 rings (SSSR count). The number of amides is 2. The van der Waals surface area contributed by atoms with Crippen LogP contribution in [0.25, 0.3) is 0 Å². The third-order valence-corrected chi connectivity index (χ3v) is 5.56. The van der Waals surface area contributed by atoms with Crippen LogP contribution in [0.3, 0.4) is 0 Å². The molecule has 2 amide bonds. The molecule has 0 aromatic carbocycles. The molecule has 0 unspecified atom stereocenters. The number of carbonyl (C=O) groups excluding carboxylic acids is 2. The van der Waals surface area contributed by atoms with Gasteiger partial charge in [-0.3, -0.25) is 9.59 Å². The topological polar surface area (TPSA) is 62.3 Å². The summed E-state index contributed by atoms with van der Waals surface area (Å²) in [5, 5.41) is 3.55. The van der Waals surface area contributed by atoms with Crippen molar-refractivity contribution >= 4 is 28.3 Å². The van der Waals surface area contributed by atoms with Gasteiger partial charge in [0, 0.05) is 36.7 Å². The van der Waals surface area contributed by atoms with E-state index in [1.807, 2.05) is 4.90 Å². The minimum atomic E-state index is -0.0280. The first-order chi connectivity index (χ1) is 12.6. The van der Waals surface area contributed by atoms with Gasteiger partial charge in [-0.2, -0.15) is 0 Å². The van der Waals surface area contributed by atoms with E-state index in [1.54, 1.807) is 23.5 Å². The molecule has 0 radical (unpaired) electrons. The maximum absolute atomic E-state index is 12.6. The van der Waals surface area contributed by atoms with Gasteiger partial charge < -0.3 is 10.2 Å². The van der Waals surface area contributed by atoms with E-state index < -0.39 is 0 Å². The van der Waals surface area contributed by atoms with E-state index in [4.69, 9.17) is 0 Å². The molecule has 1 aromatic heterocycles. The number of aryl methyl sites for hydroxylation is 1. The molecule has 142 valence electrons. The smallest absolute Gasteiger partial charge is 0.226 e. The fraction of sp³-hybridized carbons (Fsp3) is 0.550. The molecular formula is C20H29N3O2S. The lowest BCUT2D eigenvalue weighted by Gasteiger charge is -2.34. The van der Waals surface area contributed by atoms with Gasteiger partial charge >= 0.3 is 0 Å². The predicted octanol–water partition coefficient (Wildman–Crippen LogP) is 4.11. The number of anilines is 1. The summed E-state index contributed by atoms with van der Waals surface area (Å²) >= 11 is 1.54. The van der Waals surface area contributed by atoms with Crippen LogP contribution in [-0.4, -0.2) is 34.3 Å². The van der Waals surface area contributed by atoms with E-state index in [-0.39, 0.29) is 17.9 Å². The molecule has 0 saturated heterocycles. The van der Waals surface area contributed by atoms with Crippen molar-refractivity contribution in [1.29, 1.82) is 0 Å². The van der Waals surface area contributed by atoms with Crippen LogP contribution in [0.15, 0.2) is 25.3 Å². The molecule has 1 heterocycles. The lowest BCUT2D eigenvalue weighted by atomic mass is 9.95. The maximum Gasteiger partial charge on any atom is 0.226 e. The highest BCUT2D eigenvalue weighted by Crippen LogP contribution is 2.32. The van der Waals surface area contributed by atoms with Crippen LogP contribution >= 0.6 is 11.3 Å². The van der Waals surface area contributed by atoms with E-state index in [9.17, 15) is 9.59 Å². The van der Waals surface area contributed by atoms with Gasteiger partial charge in [-0.25, -0.2) is 4.98 Å². The zero-order valence-electron chi connectivity index (χ0n) is 15.6. The third kappa shape index (κ3) is 5.53. The normalized spacial score (nSPS) is 15.8. The first-order valence-corrected chi connectivity index (χ1v) is 10.2. The van der Waals surface area contributed by atoms with Gasteiger partial charge in [-0.05, 0) is 32.1 Å². The lowest BCUT2D eigenvalue weighted by molar-refractivity contribution is -0.133. The molecule has 5 nitrogen and oxygen atoms in total. The van der Waals surface area contributed by atoms with E-state index in [1.165, 1.54) is 4.88 Å². The SMILES string of the molecule is C=CCCC(=O)Nc1nc2c(s1)C[C@H](N(CCC)C(=O)CCC=C)CC2. The monoisotopic (exact) mass is 375 g/mol. The number of allylic oxidation sites excluding steroid dienone is 2. The van der Waals surface area contributed by atoms with Gasteiger partial charge in [0.05, 0.1) is 5.69 Å². The molecule has 1 aliphatic rings. The lowest BCUT2D eigenvalue weighted by Crippen LogP contribution is -2.43. The Morgan fingerprint density at radius 3 is 2.73 bits per heavy atom. The summed E-state index contributed by atoms with van der Waals surface area (Å²) in [6.45, 7) is 10.2. The number of hydrogen-bond donors (Lipinski definition) is 1. The van der Waals surface area contributed by atoms with Crippen LogP contribution in [0, 0.1) is 0 Å². The molecule has 1 atom stereocenters. The van der Waals surface area contributed by atoms with E-state index >= 15 is 0 Å². The molecule has 0 fully saturated rings. The van der Waals surface area contributed by atoms with Crippen LogP contribution in [0.2, 0.25) is 0 Å². The number of hydrogen-bond acceptors (Lipinski definition) is 4. The van der Waals surface area contributed by atoms with Gasteiger partial charge in [0.2, 0.25) is 11.8 Å². The molecule has 26 heavy (non-hydrogen) atoms. The van der Waals surface area contributed by atoms with Gasteiger partial charge in [0.25, 0.3) is 0 Å². The summed E-state index contributed by atoms with van der Waals surface area (Å²) in [7, 11) is 0. The highest BCUT2D eigenvalue weighted by Gasteiger charge is 2.29. The van der Waals surface area contributed by atoms with Crippen LogP contribution < -0.4 is 5.32 Å². The molecule has 0 aliphatic heterocycles. The van der Waals surface area contributed by atoms with Crippen LogP contribution in [0.5, 0.6) is 0 Å². The Labute approximate surface area is 160 Å². The zero-order valence-corrected chi connectivity index (χ0v) is 16.4. The number of aromatic nitrogens is 1. The summed E-state index contributed by atoms with van der Waals surface area (Å²) in [6, 6.07) is 0.226. The second kappa shape index (κ2) is 10.3. The summed E-state index contributed by atoms with van der Waals surface area (Å²) in [4.78, 5) is 32.2. The Morgan fingerprint density at radius 2 is 2.04 bits per heavy atom. The van der Waals surface area contributed by atoms with Crippen molar-refractivity contribution in [3.05, 3.63) is 35.9 Å². The summed E-state index contributed by atoms with van der Waals surface area (Å²) in [6.07, 6.45) is 9.45. The Bertz CT molecular complexity index is 653. The number of nitrogens with zero attached hydrogens (tertiary/aromatic N) is 2. The number of fused-ring (bicyclic) bond motifs is 1. The molecule has 0 spiro atoms. The fourth-order valence-corrected chi connectivity index (χ4v) is 4.31. The molecule has 1 aromatic rings. The summed E-state index contributed by atoms with van der Waals surface area (Å²) < 4.78 is 0. The van der Waals surface area contributed by atoms with Crippen molar-refractivity contribution in [1.82, 2.24) is 9.88 Å². The highest BCUT2D eigenvalue weighted by molar-refractivity contribution is 7.15. The van der Waals surface area contributed by atoms with E-state index in [0.29, 0.717) is 24.4 Å². The highest BCUT2D eigenvalue weighted by atomic mass is 32.1. The second-order valence-corrected chi connectivity index (χ2v) is 7.66. The minimum Gasteiger partial charge on any atom is -0.339 e. The van der Waals surface area contributed by atoms with Crippen molar-refractivity contribution in [2.75, 3.05) is 11.9 Å². The van der Waals surface area contributed by atoms with Crippen LogP contribution in [0.4, 0.5) is 5.13 Å². The van der Waals surface area contributed by atoms with E-state index in [0.717, 1.165) is 44.3 Å². The van der Waals surface area contributed by atoms with Gasteiger partial charge in [0.15, 0.2) is 5.13 Å². The fourth-order valence-electron chi connectivity index (χ4n) is 3.21. The Hall–Kier alpha value is -1.95. The molecule has 6 heteroatoms. The first-order valence-electron chi connectivity index (χ1n) is 9.38. The van der Waals surface area contributed by atoms with Gasteiger partial charge in [-0.15, -0.1) is 24.5 Å². The largest absolute Gasteiger partial charge is 0.339 e. The summed E-state index contributed by atoms with van der Waals surface area (Å²) in [5.74, 6) is 0.183. The van der Waals surface area contributed by atoms with Gasteiger partial charge in [0.1, 0.15) is 0 Å². The molecule has 0 bridgehead atoms. The zero-order chi connectivity index (χ0) is 18.9. The van der Waals surface area contributed by atoms with Crippen molar-refractivity contribution < 1.29 is 9.59 Å². The minimum absolute atomic E-state index is 0.0280. The number of carbonyl (C=O) groups is 2. The van der Waals surface area contributed by atoms with Crippen molar-refractivity contribution in [2.45, 2.75) is 64.3 Å². The predicted molar refractivity (Wildman–Crippen MR) is 107 cm³/mol. The average molecular weight is 376 g/mol.